The van der Waals surface area contributed by atoms with Crippen molar-refractivity contribution < 1.29 is 0 Å². The third kappa shape index (κ3) is 2.80. The minimum atomic E-state index is 1.07. The Kier molecular flexibility index (Phi) is 3.50. The Balaban J connectivity index is 1.97. The zero-order valence-electron chi connectivity index (χ0n) is 9.26. The Bertz CT molecular complexity index is 443. The Morgan fingerprint density at radius 3 is 2.00 bits per heavy atom. The number of benzene rings is 1. The van der Waals surface area contributed by atoms with E-state index >= 15 is 0 Å². The van der Waals surface area contributed by atoms with E-state index in [0.29, 0.717) is 0 Å². The van der Waals surface area contributed by atoms with Crippen LogP contribution >= 0.6 is 0 Å². The SMILES string of the molecule is C=Cc1ccc(CCc2ccncc2)cc1. The molecule has 80 valence electrons. The van der Waals surface area contributed by atoms with Gasteiger partial charge in [0, 0.05) is 12.4 Å². The van der Waals surface area contributed by atoms with Crippen LogP contribution in [0.1, 0.15) is 16.7 Å². The van der Waals surface area contributed by atoms with Crippen molar-refractivity contribution >= 4 is 6.08 Å². The molecule has 0 saturated carbocycles. The number of nitrogens with zero attached hydrogens (tertiary/aromatic N) is 1. The monoisotopic (exact) mass is 209 g/mol. The summed E-state index contributed by atoms with van der Waals surface area (Å²) >= 11 is 0. The van der Waals surface area contributed by atoms with Gasteiger partial charge in [0.05, 0.1) is 0 Å². The zero-order valence-corrected chi connectivity index (χ0v) is 9.26. The Morgan fingerprint density at radius 1 is 0.875 bits per heavy atom. The Hall–Kier alpha value is -1.89. The maximum absolute atomic E-state index is 4.01. The fourth-order valence-corrected chi connectivity index (χ4v) is 1.66. The minimum Gasteiger partial charge on any atom is -0.265 e. The van der Waals surface area contributed by atoms with Crippen molar-refractivity contribution in [2.24, 2.45) is 0 Å². The number of aryl methyl sites for hydroxylation is 2. The fraction of sp³-hybridized carbons (Fsp3) is 0.133. The van der Waals surface area contributed by atoms with Gasteiger partial charge in [0.15, 0.2) is 0 Å². The van der Waals surface area contributed by atoms with Crippen molar-refractivity contribution in [3.05, 3.63) is 72.1 Å². The summed E-state index contributed by atoms with van der Waals surface area (Å²) in [6.07, 6.45) is 7.69. The lowest BCUT2D eigenvalue weighted by molar-refractivity contribution is 0.955. The van der Waals surface area contributed by atoms with Gasteiger partial charge in [-0.15, -0.1) is 0 Å². The molecular weight excluding hydrogens is 194 g/mol. The van der Waals surface area contributed by atoms with Crippen molar-refractivity contribution in [1.29, 1.82) is 0 Å². The molecule has 0 radical (unpaired) electrons. The van der Waals surface area contributed by atoms with E-state index in [2.05, 4.69) is 48.0 Å². The third-order valence-corrected chi connectivity index (χ3v) is 2.67. The highest BCUT2D eigenvalue weighted by Gasteiger charge is 1.95. The molecule has 0 atom stereocenters. The van der Waals surface area contributed by atoms with Gasteiger partial charge in [-0.25, -0.2) is 0 Å². The average molecular weight is 209 g/mol. The van der Waals surface area contributed by atoms with Crippen LogP contribution in [-0.4, -0.2) is 4.98 Å². The molecule has 0 N–H and O–H groups in total. The maximum atomic E-state index is 4.01. The van der Waals surface area contributed by atoms with Crippen molar-refractivity contribution in [2.75, 3.05) is 0 Å². The first-order chi connectivity index (χ1) is 7.88. The summed E-state index contributed by atoms with van der Waals surface area (Å²) in [4.78, 5) is 4.01. The van der Waals surface area contributed by atoms with Gasteiger partial charge in [-0.2, -0.15) is 0 Å². The van der Waals surface area contributed by atoms with E-state index < -0.39 is 0 Å². The summed E-state index contributed by atoms with van der Waals surface area (Å²) in [5, 5.41) is 0. The summed E-state index contributed by atoms with van der Waals surface area (Å²) in [6.45, 7) is 3.75. The third-order valence-electron chi connectivity index (χ3n) is 2.67. The van der Waals surface area contributed by atoms with Gasteiger partial charge >= 0.3 is 0 Å². The van der Waals surface area contributed by atoms with Crippen molar-refractivity contribution in [1.82, 2.24) is 4.98 Å². The van der Waals surface area contributed by atoms with Crippen LogP contribution in [0.5, 0.6) is 0 Å². The van der Waals surface area contributed by atoms with Crippen molar-refractivity contribution in [3.8, 4) is 0 Å². The molecule has 0 amide bonds. The van der Waals surface area contributed by atoms with E-state index in [-0.39, 0.29) is 0 Å². The molecule has 1 nitrogen and oxygen atoms in total. The minimum absolute atomic E-state index is 1.07. The lowest BCUT2D eigenvalue weighted by Gasteiger charge is -2.02. The molecule has 0 spiro atoms. The molecule has 0 aliphatic heterocycles. The van der Waals surface area contributed by atoms with Gasteiger partial charge in [0.25, 0.3) is 0 Å². The van der Waals surface area contributed by atoms with E-state index in [1.807, 2.05) is 18.5 Å². The van der Waals surface area contributed by atoms with Crippen LogP contribution in [0.4, 0.5) is 0 Å². The molecule has 1 heteroatoms. The van der Waals surface area contributed by atoms with Crippen LogP contribution in [0.2, 0.25) is 0 Å². The van der Waals surface area contributed by atoms with Gasteiger partial charge < -0.3 is 0 Å². The summed E-state index contributed by atoms with van der Waals surface area (Å²) in [5.74, 6) is 0. The molecule has 0 bridgehead atoms. The summed E-state index contributed by atoms with van der Waals surface area (Å²) in [6, 6.07) is 12.7. The number of hydrogen-bond acceptors (Lipinski definition) is 1. The van der Waals surface area contributed by atoms with E-state index in [1.165, 1.54) is 16.7 Å². The standard InChI is InChI=1S/C15H15N/c1-2-13-3-5-14(6-4-13)7-8-15-9-11-16-12-10-15/h2-6,9-12H,1,7-8H2. The highest BCUT2D eigenvalue weighted by molar-refractivity contribution is 5.47. The zero-order chi connectivity index (χ0) is 11.2. The first kappa shape index (κ1) is 10.6. The second-order valence-electron chi connectivity index (χ2n) is 3.80. The lowest BCUT2D eigenvalue weighted by Crippen LogP contribution is -1.91. The highest BCUT2D eigenvalue weighted by Crippen LogP contribution is 2.09. The Labute approximate surface area is 96.5 Å². The molecule has 1 aromatic heterocycles. The Morgan fingerprint density at radius 2 is 1.44 bits per heavy atom. The van der Waals surface area contributed by atoms with Gasteiger partial charge in [-0.1, -0.05) is 36.9 Å². The van der Waals surface area contributed by atoms with Gasteiger partial charge in [-0.05, 0) is 41.7 Å². The number of rotatable bonds is 4. The average Bonchev–Trinajstić information content (AvgIpc) is 2.38. The quantitative estimate of drug-likeness (QED) is 0.751. The largest absolute Gasteiger partial charge is 0.265 e. The molecule has 0 saturated heterocycles. The van der Waals surface area contributed by atoms with Gasteiger partial charge in [0.2, 0.25) is 0 Å². The van der Waals surface area contributed by atoms with Crippen LogP contribution in [0.3, 0.4) is 0 Å². The van der Waals surface area contributed by atoms with Gasteiger partial charge in [0.1, 0.15) is 0 Å². The topological polar surface area (TPSA) is 12.9 Å². The number of aromatic nitrogens is 1. The van der Waals surface area contributed by atoms with E-state index in [1.54, 1.807) is 0 Å². The smallest absolute Gasteiger partial charge is 0.0270 e. The molecule has 16 heavy (non-hydrogen) atoms. The summed E-state index contributed by atoms with van der Waals surface area (Å²) < 4.78 is 0. The summed E-state index contributed by atoms with van der Waals surface area (Å²) in [7, 11) is 0. The molecule has 2 aromatic rings. The van der Waals surface area contributed by atoms with Crippen molar-refractivity contribution in [3.63, 3.8) is 0 Å². The molecule has 1 heterocycles. The normalized spacial score (nSPS) is 10.0. The molecule has 0 fully saturated rings. The molecule has 1 aromatic carbocycles. The van der Waals surface area contributed by atoms with E-state index in [9.17, 15) is 0 Å². The van der Waals surface area contributed by atoms with E-state index in [0.717, 1.165) is 12.8 Å². The number of hydrogen-bond donors (Lipinski definition) is 0. The molecule has 0 aliphatic carbocycles. The first-order valence-corrected chi connectivity index (χ1v) is 5.49. The lowest BCUT2D eigenvalue weighted by atomic mass is 10.0. The second kappa shape index (κ2) is 5.26. The van der Waals surface area contributed by atoms with Crippen LogP contribution < -0.4 is 0 Å². The molecule has 2 rings (SSSR count). The highest BCUT2D eigenvalue weighted by atomic mass is 14.6. The summed E-state index contributed by atoms with van der Waals surface area (Å²) in [5.41, 5.74) is 3.87. The second-order valence-corrected chi connectivity index (χ2v) is 3.80. The predicted molar refractivity (Wildman–Crippen MR) is 68.2 cm³/mol. The van der Waals surface area contributed by atoms with Crippen LogP contribution in [0.25, 0.3) is 6.08 Å². The van der Waals surface area contributed by atoms with Crippen LogP contribution in [-0.2, 0) is 12.8 Å². The van der Waals surface area contributed by atoms with Crippen LogP contribution in [0, 0.1) is 0 Å². The van der Waals surface area contributed by atoms with E-state index in [4.69, 9.17) is 0 Å². The van der Waals surface area contributed by atoms with Crippen molar-refractivity contribution in [2.45, 2.75) is 12.8 Å². The maximum Gasteiger partial charge on any atom is 0.0270 e. The molecular formula is C15H15N. The number of pyridine rings is 1. The van der Waals surface area contributed by atoms with Gasteiger partial charge in [-0.3, -0.25) is 4.98 Å². The predicted octanol–water partition coefficient (Wildman–Crippen LogP) is 3.51. The molecule has 0 unspecified atom stereocenters. The molecule has 0 aliphatic rings. The van der Waals surface area contributed by atoms with Crippen LogP contribution in [0.15, 0.2) is 55.4 Å². The first-order valence-electron chi connectivity index (χ1n) is 5.49. The fourth-order valence-electron chi connectivity index (χ4n) is 1.66.